The van der Waals surface area contributed by atoms with E-state index in [0.29, 0.717) is 18.7 Å². The number of benzene rings is 1. The molecule has 0 unspecified atom stereocenters. The van der Waals surface area contributed by atoms with E-state index in [1.54, 1.807) is 24.1 Å². The van der Waals surface area contributed by atoms with E-state index < -0.39 is 0 Å². The summed E-state index contributed by atoms with van der Waals surface area (Å²) in [6.07, 6.45) is 0.488. The lowest BCUT2D eigenvalue weighted by Crippen LogP contribution is -2.31. The molecule has 0 bridgehead atoms. The summed E-state index contributed by atoms with van der Waals surface area (Å²) in [7, 11) is 1.70. The van der Waals surface area contributed by atoms with Crippen molar-refractivity contribution in [3.8, 4) is 0 Å². The monoisotopic (exact) mass is 234 g/mol. The largest absolute Gasteiger partial charge is 0.344 e. The molecule has 4 nitrogen and oxygen atoms in total. The molecule has 0 saturated carbocycles. The maximum atomic E-state index is 11.7. The Morgan fingerprint density at radius 2 is 1.82 bits per heavy atom. The lowest BCUT2D eigenvalue weighted by molar-refractivity contribution is -0.129. The van der Waals surface area contributed by atoms with E-state index in [4.69, 9.17) is 5.73 Å². The van der Waals surface area contributed by atoms with Gasteiger partial charge in [0.05, 0.1) is 0 Å². The molecule has 1 aromatic carbocycles. The molecule has 0 atom stereocenters. The van der Waals surface area contributed by atoms with Gasteiger partial charge in [-0.15, -0.1) is 0 Å². The molecular weight excluding hydrogens is 216 g/mol. The average Bonchev–Trinajstić information content (AvgIpc) is 2.36. The van der Waals surface area contributed by atoms with Crippen molar-refractivity contribution >= 4 is 11.7 Å². The van der Waals surface area contributed by atoms with Crippen LogP contribution in [0.15, 0.2) is 30.3 Å². The predicted molar refractivity (Wildman–Crippen MR) is 66.7 cm³/mol. The summed E-state index contributed by atoms with van der Waals surface area (Å²) >= 11 is 0. The molecule has 4 heteroatoms. The summed E-state index contributed by atoms with van der Waals surface area (Å²) in [5.74, 6) is -0.0418. The van der Waals surface area contributed by atoms with Crippen LogP contribution in [0.4, 0.5) is 0 Å². The zero-order valence-electron chi connectivity index (χ0n) is 10.1. The average molecular weight is 234 g/mol. The van der Waals surface area contributed by atoms with Gasteiger partial charge in [0.2, 0.25) is 5.91 Å². The van der Waals surface area contributed by atoms with Crippen molar-refractivity contribution in [3.63, 3.8) is 0 Å². The van der Waals surface area contributed by atoms with Gasteiger partial charge in [0.1, 0.15) is 0 Å². The summed E-state index contributed by atoms with van der Waals surface area (Å²) < 4.78 is 0. The summed E-state index contributed by atoms with van der Waals surface area (Å²) in [6.45, 7) is 0.966. The van der Waals surface area contributed by atoms with E-state index in [1.807, 2.05) is 18.2 Å². The summed E-state index contributed by atoms with van der Waals surface area (Å²) in [6, 6.07) is 9.01. The van der Waals surface area contributed by atoms with Crippen LogP contribution in [-0.4, -0.2) is 36.7 Å². The van der Waals surface area contributed by atoms with Crippen LogP contribution in [0.3, 0.4) is 0 Å². The highest BCUT2D eigenvalue weighted by Crippen LogP contribution is 2.06. The van der Waals surface area contributed by atoms with E-state index in [1.165, 1.54) is 0 Å². The van der Waals surface area contributed by atoms with Crippen molar-refractivity contribution in [2.45, 2.75) is 12.8 Å². The molecule has 0 aliphatic rings. The molecule has 1 aromatic rings. The number of ketones is 1. The zero-order chi connectivity index (χ0) is 12.7. The Morgan fingerprint density at radius 1 is 1.18 bits per heavy atom. The number of hydrogen-bond donors (Lipinski definition) is 1. The van der Waals surface area contributed by atoms with Crippen LogP contribution in [-0.2, 0) is 4.79 Å². The highest BCUT2D eigenvalue weighted by molar-refractivity contribution is 5.97. The smallest absolute Gasteiger partial charge is 0.222 e. The van der Waals surface area contributed by atoms with Crippen LogP contribution in [0.5, 0.6) is 0 Å². The van der Waals surface area contributed by atoms with Crippen LogP contribution in [0.1, 0.15) is 23.2 Å². The molecule has 0 radical (unpaired) electrons. The first-order valence-corrected chi connectivity index (χ1v) is 5.67. The lowest BCUT2D eigenvalue weighted by atomic mass is 10.1. The fourth-order valence-corrected chi connectivity index (χ4v) is 1.50. The molecule has 1 amide bonds. The topological polar surface area (TPSA) is 63.4 Å². The van der Waals surface area contributed by atoms with Gasteiger partial charge in [-0.05, 0) is 0 Å². The first-order valence-electron chi connectivity index (χ1n) is 5.67. The van der Waals surface area contributed by atoms with Crippen LogP contribution in [0.25, 0.3) is 0 Å². The Morgan fingerprint density at radius 3 is 2.41 bits per heavy atom. The van der Waals surface area contributed by atoms with Gasteiger partial charge in [-0.1, -0.05) is 30.3 Å². The van der Waals surface area contributed by atoms with Gasteiger partial charge in [0.25, 0.3) is 0 Å². The van der Waals surface area contributed by atoms with Crippen molar-refractivity contribution < 1.29 is 9.59 Å². The standard InChI is InChI=1S/C13H18N2O2/c1-15(10-9-14)13(17)8-7-12(16)11-5-3-2-4-6-11/h2-6H,7-10,14H2,1H3. The summed E-state index contributed by atoms with van der Waals surface area (Å²) in [5.41, 5.74) is 6.01. The molecule has 0 saturated heterocycles. The fourth-order valence-electron chi connectivity index (χ4n) is 1.50. The normalized spacial score (nSPS) is 10.0. The van der Waals surface area contributed by atoms with Crippen LogP contribution in [0.2, 0.25) is 0 Å². The SMILES string of the molecule is CN(CCN)C(=O)CCC(=O)c1ccccc1. The fraction of sp³-hybridized carbons (Fsp3) is 0.385. The molecule has 0 aliphatic heterocycles. The maximum absolute atomic E-state index is 11.7. The molecule has 17 heavy (non-hydrogen) atoms. The van der Waals surface area contributed by atoms with E-state index in [-0.39, 0.29) is 24.5 Å². The molecule has 0 fully saturated rings. The first-order chi connectivity index (χ1) is 8.15. The number of Topliss-reactive ketones (excluding diaryl/α,β-unsaturated/α-hetero) is 1. The molecule has 0 spiro atoms. The van der Waals surface area contributed by atoms with Crippen molar-refractivity contribution in [1.82, 2.24) is 4.90 Å². The van der Waals surface area contributed by atoms with Gasteiger partial charge in [-0.2, -0.15) is 0 Å². The number of nitrogens with zero attached hydrogens (tertiary/aromatic N) is 1. The zero-order valence-corrected chi connectivity index (χ0v) is 10.1. The number of hydrogen-bond acceptors (Lipinski definition) is 3. The number of carbonyl (C=O) groups is 2. The van der Waals surface area contributed by atoms with E-state index in [9.17, 15) is 9.59 Å². The van der Waals surface area contributed by atoms with Gasteiger partial charge >= 0.3 is 0 Å². The molecule has 0 aromatic heterocycles. The minimum Gasteiger partial charge on any atom is -0.344 e. The van der Waals surface area contributed by atoms with Crippen LogP contribution in [0, 0.1) is 0 Å². The van der Waals surface area contributed by atoms with Gasteiger partial charge in [-0.3, -0.25) is 9.59 Å². The quantitative estimate of drug-likeness (QED) is 0.749. The maximum Gasteiger partial charge on any atom is 0.222 e. The molecule has 92 valence electrons. The Bertz CT molecular complexity index is 376. The highest BCUT2D eigenvalue weighted by atomic mass is 16.2. The third kappa shape index (κ3) is 4.36. The van der Waals surface area contributed by atoms with Crippen molar-refractivity contribution in [3.05, 3.63) is 35.9 Å². The van der Waals surface area contributed by atoms with Gasteiger partial charge in [0, 0.05) is 38.5 Å². The Hall–Kier alpha value is -1.68. The second-order valence-corrected chi connectivity index (χ2v) is 3.89. The van der Waals surface area contributed by atoms with E-state index in [0.717, 1.165) is 0 Å². The molecule has 1 rings (SSSR count). The molecule has 2 N–H and O–H groups in total. The number of nitrogens with two attached hydrogens (primary N) is 1. The lowest BCUT2D eigenvalue weighted by Gasteiger charge is -2.15. The second-order valence-electron chi connectivity index (χ2n) is 3.89. The van der Waals surface area contributed by atoms with E-state index >= 15 is 0 Å². The number of carbonyl (C=O) groups excluding carboxylic acids is 2. The molecule has 0 aliphatic carbocycles. The third-order valence-corrected chi connectivity index (χ3v) is 2.55. The van der Waals surface area contributed by atoms with Gasteiger partial charge in [0.15, 0.2) is 5.78 Å². The summed E-state index contributed by atoms with van der Waals surface area (Å²) in [4.78, 5) is 24.9. The third-order valence-electron chi connectivity index (χ3n) is 2.55. The molecular formula is C13H18N2O2. The summed E-state index contributed by atoms with van der Waals surface area (Å²) in [5, 5.41) is 0. The second kappa shape index (κ2) is 6.81. The molecule has 0 heterocycles. The number of likely N-dealkylation sites (N-methyl/N-ethyl adjacent to an activating group) is 1. The van der Waals surface area contributed by atoms with Crippen LogP contribution < -0.4 is 5.73 Å². The predicted octanol–water partition coefficient (Wildman–Crippen LogP) is 1.07. The van der Waals surface area contributed by atoms with Crippen molar-refractivity contribution in [1.29, 1.82) is 0 Å². The Kier molecular flexibility index (Phi) is 5.36. The van der Waals surface area contributed by atoms with Crippen LogP contribution >= 0.6 is 0 Å². The van der Waals surface area contributed by atoms with Gasteiger partial charge in [-0.25, -0.2) is 0 Å². The number of rotatable bonds is 6. The van der Waals surface area contributed by atoms with Gasteiger partial charge < -0.3 is 10.6 Å². The minimum absolute atomic E-state index is 0.0000912. The van der Waals surface area contributed by atoms with Crippen molar-refractivity contribution in [2.24, 2.45) is 5.73 Å². The first kappa shape index (κ1) is 13.4. The highest BCUT2D eigenvalue weighted by Gasteiger charge is 2.11. The van der Waals surface area contributed by atoms with E-state index in [2.05, 4.69) is 0 Å². The Balaban J connectivity index is 2.41. The Labute approximate surface area is 101 Å². The minimum atomic E-state index is -0.0419. The number of amides is 1. The van der Waals surface area contributed by atoms with Crippen molar-refractivity contribution in [2.75, 3.05) is 20.1 Å².